The first-order valence-corrected chi connectivity index (χ1v) is 6.83. The lowest BCUT2D eigenvalue weighted by molar-refractivity contribution is -0.116. The van der Waals surface area contributed by atoms with Gasteiger partial charge >= 0.3 is 6.03 Å². The first-order chi connectivity index (χ1) is 10.5. The minimum atomic E-state index is -0.328. The van der Waals surface area contributed by atoms with Crippen LogP contribution in [-0.2, 0) is 18.4 Å². The van der Waals surface area contributed by atoms with E-state index >= 15 is 0 Å². The first kappa shape index (κ1) is 15.6. The van der Waals surface area contributed by atoms with E-state index in [9.17, 15) is 9.59 Å². The van der Waals surface area contributed by atoms with Gasteiger partial charge in [0.1, 0.15) is 5.82 Å². The molecule has 0 aliphatic carbocycles. The van der Waals surface area contributed by atoms with Crippen LogP contribution in [0, 0.1) is 0 Å². The fourth-order valence-corrected chi connectivity index (χ4v) is 1.88. The number of carbonyl (C=O) groups excluding carboxylic acids is 2. The summed E-state index contributed by atoms with van der Waals surface area (Å²) in [5.41, 5.74) is 1.33. The van der Waals surface area contributed by atoms with E-state index in [0.717, 1.165) is 11.5 Å². The molecule has 1 aromatic carbocycles. The molecular weight excluding hydrogens is 282 g/mol. The summed E-state index contributed by atoms with van der Waals surface area (Å²) in [5, 5.41) is 5.46. The molecular formula is C15H19N5O2. The summed E-state index contributed by atoms with van der Waals surface area (Å²) in [6.07, 6.45) is 3.49. The zero-order valence-electron chi connectivity index (χ0n) is 12.8. The lowest BCUT2D eigenvalue weighted by Gasteiger charge is -2.16. The van der Waals surface area contributed by atoms with Crippen molar-refractivity contribution in [3.63, 3.8) is 0 Å². The van der Waals surface area contributed by atoms with Gasteiger partial charge in [-0.05, 0) is 18.2 Å². The highest BCUT2D eigenvalue weighted by Gasteiger charge is 2.08. The molecule has 116 valence electrons. The lowest BCUT2D eigenvalue weighted by atomic mass is 10.2. The summed E-state index contributed by atoms with van der Waals surface area (Å²) in [4.78, 5) is 28.9. The summed E-state index contributed by atoms with van der Waals surface area (Å²) >= 11 is 0. The van der Waals surface area contributed by atoms with Crippen molar-refractivity contribution in [2.24, 2.45) is 7.05 Å². The van der Waals surface area contributed by atoms with Gasteiger partial charge < -0.3 is 20.1 Å². The second-order valence-corrected chi connectivity index (χ2v) is 4.89. The summed E-state index contributed by atoms with van der Waals surface area (Å²) in [7, 11) is 3.55. The highest BCUT2D eigenvalue weighted by Crippen LogP contribution is 2.18. The molecule has 22 heavy (non-hydrogen) atoms. The normalized spacial score (nSPS) is 10.1. The molecule has 7 nitrogen and oxygen atoms in total. The zero-order valence-corrected chi connectivity index (χ0v) is 12.8. The smallest absolute Gasteiger partial charge is 0.319 e. The zero-order chi connectivity index (χ0) is 16.1. The van der Waals surface area contributed by atoms with Gasteiger partial charge in [-0.15, -0.1) is 0 Å². The van der Waals surface area contributed by atoms with Gasteiger partial charge in [-0.2, -0.15) is 0 Å². The molecule has 0 radical (unpaired) electrons. The number of benzene rings is 1. The first-order valence-electron chi connectivity index (χ1n) is 6.83. The molecule has 0 saturated carbocycles. The van der Waals surface area contributed by atoms with Crippen molar-refractivity contribution in [3.8, 4) is 0 Å². The summed E-state index contributed by atoms with van der Waals surface area (Å²) < 4.78 is 1.84. The fraction of sp³-hybridized carbons (Fsp3) is 0.267. The Bertz CT molecular complexity index is 680. The molecule has 1 heterocycles. The number of nitrogens with one attached hydrogen (secondary N) is 2. The molecule has 7 heteroatoms. The number of hydrogen-bond acceptors (Lipinski definition) is 3. The average molecular weight is 301 g/mol. The van der Waals surface area contributed by atoms with Crippen LogP contribution in [0.1, 0.15) is 12.7 Å². The van der Waals surface area contributed by atoms with Crippen molar-refractivity contribution >= 4 is 23.3 Å². The average Bonchev–Trinajstić information content (AvgIpc) is 2.90. The van der Waals surface area contributed by atoms with Gasteiger partial charge in [0.25, 0.3) is 0 Å². The second kappa shape index (κ2) is 6.75. The van der Waals surface area contributed by atoms with Crippen LogP contribution in [0.2, 0.25) is 0 Å². The Morgan fingerprint density at radius 2 is 2.14 bits per heavy atom. The topological polar surface area (TPSA) is 79.3 Å². The van der Waals surface area contributed by atoms with Crippen LogP contribution in [0.4, 0.5) is 16.2 Å². The molecule has 1 aromatic heterocycles. The van der Waals surface area contributed by atoms with Crippen LogP contribution < -0.4 is 15.5 Å². The van der Waals surface area contributed by atoms with Crippen molar-refractivity contribution in [3.05, 3.63) is 42.5 Å². The molecule has 0 atom stereocenters. The number of aryl methyl sites for hydroxylation is 1. The molecule has 3 amide bonds. The Kier molecular flexibility index (Phi) is 4.77. The quantitative estimate of drug-likeness (QED) is 0.902. The third-order valence-corrected chi connectivity index (χ3v) is 3.29. The minimum Gasteiger partial charge on any atom is -0.337 e. The van der Waals surface area contributed by atoms with Gasteiger partial charge in [-0.25, -0.2) is 9.78 Å². The minimum absolute atomic E-state index is 0.0728. The van der Waals surface area contributed by atoms with Crippen molar-refractivity contribution < 1.29 is 9.59 Å². The van der Waals surface area contributed by atoms with Crippen LogP contribution in [0.25, 0.3) is 0 Å². The van der Waals surface area contributed by atoms with E-state index in [2.05, 4.69) is 15.6 Å². The standard InChI is InChI=1S/C15H19N5O2/c1-11(21)20(3)13-6-4-5-12(9-13)18-15(22)17-10-14-16-7-8-19(14)2/h4-9H,10H2,1-3H3,(H2,17,18,22). The number of hydrogen-bond donors (Lipinski definition) is 2. The summed E-state index contributed by atoms with van der Waals surface area (Å²) in [5.74, 6) is 0.691. The highest BCUT2D eigenvalue weighted by atomic mass is 16.2. The molecule has 0 saturated heterocycles. The van der Waals surface area contributed by atoms with E-state index in [1.165, 1.54) is 11.8 Å². The SMILES string of the molecule is CC(=O)N(C)c1cccc(NC(=O)NCc2nccn2C)c1. The maximum Gasteiger partial charge on any atom is 0.319 e. The van der Waals surface area contributed by atoms with E-state index in [1.807, 2.05) is 17.8 Å². The van der Waals surface area contributed by atoms with Crippen molar-refractivity contribution in [1.82, 2.24) is 14.9 Å². The largest absolute Gasteiger partial charge is 0.337 e. The molecule has 0 fully saturated rings. The Morgan fingerprint density at radius 1 is 1.36 bits per heavy atom. The number of imidazole rings is 1. The Morgan fingerprint density at radius 3 is 2.77 bits per heavy atom. The summed E-state index contributed by atoms with van der Waals surface area (Å²) in [6, 6.07) is 6.76. The van der Waals surface area contributed by atoms with E-state index in [1.54, 1.807) is 37.5 Å². The number of rotatable bonds is 4. The molecule has 2 rings (SSSR count). The number of amides is 3. The molecule has 2 aromatic rings. The van der Waals surface area contributed by atoms with E-state index in [4.69, 9.17) is 0 Å². The molecule has 0 bridgehead atoms. The molecule has 0 unspecified atom stereocenters. The van der Waals surface area contributed by atoms with Gasteiger partial charge in [-0.1, -0.05) is 6.07 Å². The number of urea groups is 1. The predicted molar refractivity (Wildman–Crippen MR) is 84.6 cm³/mol. The van der Waals surface area contributed by atoms with Gasteiger partial charge in [0.05, 0.1) is 6.54 Å². The number of aromatic nitrogens is 2. The van der Waals surface area contributed by atoms with Crippen LogP contribution >= 0.6 is 0 Å². The number of carbonyl (C=O) groups is 2. The Labute approximate surface area is 128 Å². The molecule has 0 aliphatic heterocycles. The van der Waals surface area contributed by atoms with Gasteiger partial charge in [-0.3, -0.25) is 4.79 Å². The second-order valence-electron chi connectivity index (χ2n) is 4.89. The third kappa shape index (κ3) is 3.85. The fourth-order valence-electron chi connectivity index (χ4n) is 1.88. The number of nitrogens with zero attached hydrogens (tertiary/aromatic N) is 3. The molecule has 0 spiro atoms. The highest BCUT2D eigenvalue weighted by molar-refractivity contribution is 5.93. The third-order valence-electron chi connectivity index (χ3n) is 3.29. The molecule has 2 N–H and O–H groups in total. The maximum atomic E-state index is 11.9. The van der Waals surface area contributed by atoms with E-state index in [0.29, 0.717) is 12.2 Å². The van der Waals surface area contributed by atoms with E-state index < -0.39 is 0 Å². The van der Waals surface area contributed by atoms with Crippen LogP contribution in [0.15, 0.2) is 36.7 Å². The van der Waals surface area contributed by atoms with Crippen LogP contribution in [0.3, 0.4) is 0 Å². The van der Waals surface area contributed by atoms with Gasteiger partial charge in [0.15, 0.2) is 0 Å². The van der Waals surface area contributed by atoms with Crippen molar-refractivity contribution in [2.75, 3.05) is 17.3 Å². The lowest BCUT2D eigenvalue weighted by Crippen LogP contribution is -2.29. The van der Waals surface area contributed by atoms with E-state index in [-0.39, 0.29) is 11.9 Å². The predicted octanol–water partition coefficient (Wildman–Crippen LogP) is 1.72. The summed E-state index contributed by atoms with van der Waals surface area (Å²) in [6.45, 7) is 1.82. The monoisotopic (exact) mass is 301 g/mol. The van der Waals surface area contributed by atoms with Gasteiger partial charge in [0.2, 0.25) is 5.91 Å². The maximum absolute atomic E-state index is 11.9. The molecule has 0 aliphatic rings. The Balaban J connectivity index is 1.95. The van der Waals surface area contributed by atoms with Gasteiger partial charge in [0, 0.05) is 44.8 Å². The van der Waals surface area contributed by atoms with Crippen LogP contribution in [-0.4, -0.2) is 28.5 Å². The van der Waals surface area contributed by atoms with Crippen molar-refractivity contribution in [1.29, 1.82) is 0 Å². The van der Waals surface area contributed by atoms with Crippen LogP contribution in [0.5, 0.6) is 0 Å². The number of anilines is 2. The van der Waals surface area contributed by atoms with Crippen molar-refractivity contribution in [2.45, 2.75) is 13.5 Å². The Hall–Kier alpha value is -2.83.